The third-order valence-electron chi connectivity index (χ3n) is 2.06. The molecule has 4 heteroatoms. The summed E-state index contributed by atoms with van der Waals surface area (Å²) in [5.41, 5.74) is 0. The van der Waals surface area contributed by atoms with Gasteiger partial charge in [0.25, 0.3) is 0 Å². The quantitative estimate of drug-likeness (QED) is 0.647. The van der Waals surface area contributed by atoms with Crippen molar-refractivity contribution in [2.45, 2.75) is 38.8 Å². The van der Waals surface area contributed by atoms with Crippen LogP contribution in [0, 0.1) is 0 Å². The molecule has 2 unspecified atom stereocenters. The zero-order valence-electron chi connectivity index (χ0n) is 9.58. The van der Waals surface area contributed by atoms with Crippen LogP contribution in [-0.2, 0) is 4.79 Å². The Labute approximate surface area is 86.3 Å². The van der Waals surface area contributed by atoms with Crippen LogP contribution in [0.15, 0.2) is 0 Å². The highest BCUT2D eigenvalue weighted by atomic mass is 16.3. The molecular weight excluding hydrogens is 180 g/mol. The molecule has 0 aliphatic carbocycles. The summed E-state index contributed by atoms with van der Waals surface area (Å²) in [5, 5.41) is 11.7. The number of nitrogens with zero attached hydrogens (tertiary/aromatic N) is 1. The lowest BCUT2D eigenvalue weighted by Crippen LogP contribution is -2.45. The van der Waals surface area contributed by atoms with Gasteiger partial charge in [0.2, 0.25) is 5.91 Å². The van der Waals surface area contributed by atoms with Crippen molar-refractivity contribution in [1.29, 1.82) is 0 Å². The van der Waals surface area contributed by atoms with Crippen LogP contribution in [0.1, 0.15) is 26.7 Å². The molecule has 0 aliphatic heterocycles. The molecule has 0 spiro atoms. The van der Waals surface area contributed by atoms with Gasteiger partial charge in [-0.25, -0.2) is 0 Å². The van der Waals surface area contributed by atoms with E-state index in [9.17, 15) is 4.79 Å². The van der Waals surface area contributed by atoms with E-state index in [0.29, 0.717) is 6.54 Å². The molecule has 1 amide bonds. The average molecular weight is 202 g/mol. The van der Waals surface area contributed by atoms with Crippen LogP contribution in [-0.4, -0.2) is 48.7 Å². The molecule has 0 radical (unpaired) electrons. The summed E-state index contributed by atoms with van der Waals surface area (Å²) >= 11 is 0. The fraction of sp³-hybridized carbons (Fsp3) is 0.900. The summed E-state index contributed by atoms with van der Waals surface area (Å²) in [6.07, 6.45) is 1.34. The topological polar surface area (TPSA) is 52.6 Å². The van der Waals surface area contributed by atoms with Crippen molar-refractivity contribution in [3.63, 3.8) is 0 Å². The van der Waals surface area contributed by atoms with Gasteiger partial charge in [-0.3, -0.25) is 9.69 Å². The molecule has 0 saturated heterocycles. The van der Waals surface area contributed by atoms with E-state index in [0.717, 1.165) is 12.8 Å². The second-order valence-electron chi connectivity index (χ2n) is 3.86. The van der Waals surface area contributed by atoms with Crippen molar-refractivity contribution in [3.05, 3.63) is 0 Å². The third-order valence-corrected chi connectivity index (χ3v) is 2.06. The lowest BCUT2D eigenvalue weighted by atomic mass is 10.1. The van der Waals surface area contributed by atoms with Crippen molar-refractivity contribution < 1.29 is 9.90 Å². The zero-order valence-corrected chi connectivity index (χ0v) is 9.58. The number of aliphatic hydroxyl groups is 1. The Morgan fingerprint density at radius 3 is 2.43 bits per heavy atom. The standard InChI is InChI=1S/C10H22N2O2/c1-5-6-9(12(3)4)10(14)11-7-8(2)13/h8-9,13H,5-7H2,1-4H3,(H,11,14). The molecule has 0 rings (SSSR count). The van der Waals surface area contributed by atoms with Crippen molar-refractivity contribution in [2.75, 3.05) is 20.6 Å². The van der Waals surface area contributed by atoms with Crippen LogP contribution in [0.25, 0.3) is 0 Å². The van der Waals surface area contributed by atoms with Crippen LogP contribution in [0.3, 0.4) is 0 Å². The molecule has 4 nitrogen and oxygen atoms in total. The molecule has 14 heavy (non-hydrogen) atoms. The van der Waals surface area contributed by atoms with Crippen LogP contribution >= 0.6 is 0 Å². The lowest BCUT2D eigenvalue weighted by molar-refractivity contribution is -0.126. The minimum Gasteiger partial charge on any atom is -0.392 e. The fourth-order valence-corrected chi connectivity index (χ4v) is 1.26. The lowest BCUT2D eigenvalue weighted by Gasteiger charge is -2.23. The number of hydrogen-bond acceptors (Lipinski definition) is 3. The van der Waals surface area contributed by atoms with Crippen LogP contribution < -0.4 is 5.32 Å². The second kappa shape index (κ2) is 6.79. The maximum atomic E-state index is 11.6. The Morgan fingerprint density at radius 2 is 2.07 bits per heavy atom. The first kappa shape index (κ1) is 13.4. The van der Waals surface area contributed by atoms with Crippen LogP contribution in [0.5, 0.6) is 0 Å². The summed E-state index contributed by atoms with van der Waals surface area (Å²) in [6.45, 7) is 4.04. The van der Waals surface area contributed by atoms with E-state index < -0.39 is 6.10 Å². The number of carbonyl (C=O) groups excluding carboxylic acids is 1. The number of amides is 1. The maximum absolute atomic E-state index is 11.6. The number of hydrogen-bond donors (Lipinski definition) is 2. The zero-order chi connectivity index (χ0) is 11.1. The summed E-state index contributed by atoms with van der Waals surface area (Å²) < 4.78 is 0. The van der Waals surface area contributed by atoms with Crippen molar-refractivity contribution in [1.82, 2.24) is 10.2 Å². The normalized spacial score (nSPS) is 15.3. The van der Waals surface area contributed by atoms with Crippen molar-refractivity contribution in [2.24, 2.45) is 0 Å². The van der Waals surface area contributed by atoms with Gasteiger partial charge in [-0.05, 0) is 27.4 Å². The van der Waals surface area contributed by atoms with E-state index in [2.05, 4.69) is 12.2 Å². The van der Waals surface area contributed by atoms with E-state index >= 15 is 0 Å². The molecule has 0 aromatic heterocycles. The maximum Gasteiger partial charge on any atom is 0.237 e. The van der Waals surface area contributed by atoms with E-state index in [1.165, 1.54) is 0 Å². The summed E-state index contributed by atoms with van der Waals surface area (Å²) in [6, 6.07) is -0.0845. The van der Waals surface area contributed by atoms with Crippen molar-refractivity contribution >= 4 is 5.91 Å². The molecule has 0 aliphatic rings. The van der Waals surface area contributed by atoms with E-state index in [1.807, 2.05) is 19.0 Å². The molecule has 0 fully saturated rings. The Balaban J connectivity index is 4.02. The third kappa shape index (κ3) is 5.19. The van der Waals surface area contributed by atoms with Crippen molar-refractivity contribution in [3.8, 4) is 0 Å². The van der Waals surface area contributed by atoms with Gasteiger partial charge in [-0.15, -0.1) is 0 Å². The average Bonchev–Trinajstić information content (AvgIpc) is 2.09. The number of aliphatic hydroxyl groups excluding tert-OH is 1. The highest BCUT2D eigenvalue weighted by Crippen LogP contribution is 2.02. The smallest absolute Gasteiger partial charge is 0.237 e. The molecular formula is C10H22N2O2. The van der Waals surface area contributed by atoms with E-state index in [4.69, 9.17) is 5.11 Å². The number of likely N-dealkylation sites (N-methyl/N-ethyl adjacent to an activating group) is 1. The Bertz CT molecular complexity index is 170. The van der Waals surface area contributed by atoms with Crippen LogP contribution in [0.4, 0.5) is 0 Å². The predicted octanol–water partition coefficient (Wildman–Crippen LogP) is 0.214. The first-order valence-electron chi connectivity index (χ1n) is 5.11. The van der Waals surface area contributed by atoms with Gasteiger partial charge < -0.3 is 10.4 Å². The summed E-state index contributed by atoms with van der Waals surface area (Å²) in [5.74, 6) is -0.00208. The molecule has 0 heterocycles. The molecule has 2 atom stereocenters. The minimum absolute atomic E-state index is 0.00208. The molecule has 0 aromatic rings. The Kier molecular flexibility index (Phi) is 6.49. The SMILES string of the molecule is CCCC(C(=O)NCC(C)O)N(C)C. The predicted molar refractivity (Wildman–Crippen MR) is 57.1 cm³/mol. The summed E-state index contributed by atoms with van der Waals surface area (Å²) in [4.78, 5) is 13.5. The van der Waals surface area contributed by atoms with Gasteiger partial charge in [0, 0.05) is 6.54 Å². The number of nitrogens with one attached hydrogen (secondary N) is 1. The van der Waals surface area contributed by atoms with Gasteiger partial charge in [-0.2, -0.15) is 0 Å². The number of carbonyl (C=O) groups is 1. The fourth-order valence-electron chi connectivity index (χ4n) is 1.26. The first-order chi connectivity index (χ1) is 6.49. The van der Waals surface area contributed by atoms with Crippen LogP contribution in [0.2, 0.25) is 0 Å². The second-order valence-corrected chi connectivity index (χ2v) is 3.86. The van der Waals surface area contributed by atoms with Gasteiger partial charge in [0.15, 0.2) is 0 Å². The molecule has 84 valence electrons. The Morgan fingerprint density at radius 1 is 1.50 bits per heavy atom. The first-order valence-corrected chi connectivity index (χ1v) is 5.11. The minimum atomic E-state index is -0.483. The monoisotopic (exact) mass is 202 g/mol. The molecule has 0 bridgehead atoms. The highest BCUT2D eigenvalue weighted by molar-refractivity contribution is 5.81. The molecule has 0 aromatic carbocycles. The van der Waals surface area contributed by atoms with Gasteiger partial charge >= 0.3 is 0 Å². The molecule has 2 N–H and O–H groups in total. The van der Waals surface area contributed by atoms with Gasteiger partial charge in [0.05, 0.1) is 12.1 Å². The molecule has 0 saturated carbocycles. The largest absolute Gasteiger partial charge is 0.392 e. The van der Waals surface area contributed by atoms with E-state index in [-0.39, 0.29) is 11.9 Å². The number of rotatable bonds is 6. The van der Waals surface area contributed by atoms with Gasteiger partial charge in [0.1, 0.15) is 0 Å². The van der Waals surface area contributed by atoms with Gasteiger partial charge in [-0.1, -0.05) is 13.3 Å². The Hall–Kier alpha value is -0.610. The summed E-state index contributed by atoms with van der Waals surface area (Å²) in [7, 11) is 3.78. The highest BCUT2D eigenvalue weighted by Gasteiger charge is 2.19. The van der Waals surface area contributed by atoms with E-state index in [1.54, 1.807) is 6.92 Å².